The highest BCUT2D eigenvalue weighted by Gasteiger charge is 2.41. The Hall–Kier alpha value is -0.280. The van der Waals surface area contributed by atoms with Crippen molar-refractivity contribution in [3.8, 4) is 0 Å². The molecule has 2 atom stereocenters. The van der Waals surface area contributed by atoms with Crippen molar-refractivity contribution in [2.75, 3.05) is 13.1 Å². The maximum atomic E-state index is 12.3. The number of carbonyl (C=O) groups excluding carboxylic acids is 1. The summed E-state index contributed by atoms with van der Waals surface area (Å²) < 4.78 is 0. The van der Waals surface area contributed by atoms with E-state index >= 15 is 0 Å². The highest BCUT2D eigenvalue weighted by molar-refractivity contribution is 5.85. The van der Waals surface area contributed by atoms with E-state index in [2.05, 4.69) is 10.2 Å². The molecule has 94 valence electrons. The van der Waals surface area contributed by atoms with Gasteiger partial charge in [0, 0.05) is 24.0 Å². The molecule has 2 heterocycles. The van der Waals surface area contributed by atoms with Crippen LogP contribution in [-0.2, 0) is 4.79 Å². The van der Waals surface area contributed by atoms with Crippen molar-refractivity contribution in [2.45, 2.75) is 52.1 Å². The number of hydrogen-bond acceptors (Lipinski definition) is 2. The largest absolute Gasteiger partial charge is 0.335 e. The van der Waals surface area contributed by atoms with Gasteiger partial charge in [0.15, 0.2) is 0 Å². The molecule has 2 aliphatic heterocycles. The van der Waals surface area contributed by atoms with E-state index in [0.29, 0.717) is 18.0 Å². The molecule has 1 N–H and O–H groups in total. The molecule has 16 heavy (non-hydrogen) atoms. The first-order chi connectivity index (χ1) is 7.00. The van der Waals surface area contributed by atoms with Gasteiger partial charge in [0.25, 0.3) is 0 Å². The molecule has 2 saturated heterocycles. The maximum Gasteiger partial charge on any atom is 0.228 e. The minimum Gasteiger partial charge on any atom is -0.335 e. The number of nitrogens with one attached hydrogen (secondary N) is 1. The van der Waals surface area contributed by atoms with Gasteiger partial charge in [-0.05, 0) is 25.8 Å². The molecule has 0 aromatic heterocycles. The Kier molecular flexibility index (Phi) is 4.24. The minimum absolute atomic E-state index is 0. The molecule has 0 aromatic rings. The van der Waals surface area contributed by atoms with E-state index in [1.807, 2.05) is 20.8 Å². The smallest absolute Gasteiger partial charge is 0.228 e. The van der Waals surface area contributed by atoms with Crippen LogP contribution in [0.1, 0.15) is 40.0 Å². The second-order valence-electron chi connectivity index (χ2n) is 5.84. The van der Waals surface area contributed by atoms with Crippen LogP contribution in [0, 0.1) is 5.41 Å². The van der Waals surface area contributed by atoms with E-state index in [1.54, 1.807) is 0 Å². The molecule has 2 rings (SSSR count). The summed E-state index contributed by atoms with van der Waals surface area (Å²) in [5.41, 5.74) is -0.231. The lowest BCUT2D eigenvalue weighted by molar-refractivity contribution is -0.142. The van der Waals surface area contributed by atoms with Gasteiger partial charge in [0.2, 0.25) is 5.91 Å². The zero-order valence-electron chi connectivity index (χ0n) is 10.5. The fraction of sp³-hybridized carbons (Fsp3) is 0.917. The van der Waals surface area contributed by atoms with Gasteiger partial charge in [-0.1, -0.05) is 20.8 Å². The quantitative estimate of drug-likeness (QED) is 0.707. The zero-order chi connectivity index (χ0) is 11.1. The van der Waals surface area contributed by atoms with E-state index in [4.69, 9.17) is 0 Å². The van der Waals surface area contributed by atoms with Crippen LogP contribution in [0.5, 0.6) is 0 Å². The van der Waals surface area contributed by atoms with E-state index in [-0.39, 0.29) is 17.8 Å². The van der Waals surface area contributed by atoms with E-state index in [0.717, 1.165) is 19.5 Å². The molecule has 2 aliphatic rings. The van der Waals surface area contributed by atoms with E-state index in [9.17, 15) is 4.79 Å². The summed E-state index contributed by atoms with van der Waals surface area (Å²) >= 11 is 0. The van der Waals surface area contributed by atoms with Crippen molar-refractivity contribution in [3.05, 3.63) is 0 Å². The Morgan fingerprint density at radius 3 is 2.44 bits per heavy atom. The van der Waals surface area contributed by atoms with Crippen LogP contribution in [0.4, 0.5) is 0 Å². The average Bonchev–Trinajstić information content (AvgIpc) is 2.36. The first-order valence-corrected chi connectivity index (χ1v) is 6.03. The average molecular weight is 247 g/mol. The van der Waals surface area contributed by atoms with Crippen LogP contribution in [0.15, 0.2) is 0 Å². The number of hydrogen-bond donors (Lipinski definition) is 1. The van der Waals surface area contributed by atoms with Gasteiger partial charge in [-0.25, -0.2) is 0 Å². The Morgan fingerprint density at radius 1 is 1.19 bits per heavy atom. The number of nitrogens with zero attached hydrogens (tertiary/aromatic N) is 1. The predicted molar refractivity (Wildman–Crippen MR) is 67.8 cm³/mol. The van der Waals surface area contributed by atoms with Crippen LogP contribution in [0.25, 0.3) is 0 Å². The summed E-state index contributed by atoms with van der Waals surface area (Å²) in [6, 6.07) is 0.945. The Morgan fingerprint density at radius 2 is 1.81 bits per heavy atom. The molecule has 0 saturated carbocycles. The van der Waals surface area contributed by atoms with Crippen molar-refractivity contribution in [1.82, 2.24) is 10.2 Å². The van der Waals surface area contributed by atoms with Crippen LogP contribution in [0.2, 0.25) is 0 Å². The van der Waals surface area contributed by atoms with Gasteiger partial charge in [0.05, 0.1) is 0 Å². The van der Waals surface area contributed by atoms with Gasteiger partial charge in [-0.2, -0.15) is 0 Å². The zero-order valence-corrected chi connectivity index (χ0v) is 11.3. The van der Waals surface area contributed by atoms with Gasteiger partial charge >= 0.3 is 0 Å². The maximum absolute atomic E-state index is 12.3. The summed E-state index contributed by atoms with van der Waals surface area (Å²) in [5, 5.41) is 3.42. The monoisotopic (exact) mass is 246 g/mol. The second-order valence-corrected chi connectivity index (χ2v) is 5.84. The molecule has 0 aliphatic carbocycles. The van der Waals surface area contributed by atoms with Crippen molar-refractivity contribution in [1.29, 1.82) is 0 Å². The molecule has 1 amide bonds. The molecule has 2 unspecified atom stereocenters. The molecule has 2 bridgehead atoms. The molecular weight excluding hydrogens is 224 g/mol. The summed E-state index contributed by atoms with van der Waals surface area (Å²) in [4.78, 5) is 14.5. The molecule has 0 aromatic carbocycles. The van der Waals surface area contributed by atoms with E-state index < -0.39 is 0 Å². The highest BCUT2D eigenvalue weighted by Crippen LogP contribution is 2.32. The van der Waals surface area contributed by atoms with Gasteiger partial charge < -0.3 is 10.2 Å². The van der Waals surface area contributed by atoms with Crippen molar-refractivity contribution < 1.29 is 4.79 Å². The second kappa shape index (κ2) is 4.92. The van der Waals surface area contributed by atoms with Crippen LogP contribution in [-0.4, -0.2) is 36.0 Å². The third-order valence-corrected chi connectivity index (χ3v) is 3.53. The molecule has 0 spiro atoms. The van der Waals surface area contributed by atoms with Gasteiger partial charge in [-0.15, -0.1) is 12.4 Å². The number of rotatable bonds is 0. The Labute approximate surface area is 104 Å². The fourth-order valence-corrected chi connectivity index (χ4v) is 2.70. The fourth-order valence-electron chi connectivity index (χ4n) is 2.70. The third kappa shape index (κ3) is 2.51. The Balaban J connectivity index is 0.00000128. The highest BCUT2D eigenvalue weighted by atomic mass is 35.5. The Bertz CT molecular complexity index is 248. The topological polar surface area (TPSA) is 32.3 Å². The molecule has 3 nitrogen and oxygen atoms in total. The van der Waals surface area contributed by atoms with Crippen LogP contribution >= 0.6 is 12.4 Å². The molecular formula is C12H23ClN2O. The van der Waals surface area contributed by atoms with Crippen LogP contribution < -0.4 is 5.32 Å². The lowest BCUT2D eigenvalue weighted by Gasteiger charge is -2.33. The van der Waals surface area contributed by atoms with Gasteiger partial charge in [0.1, 0.15) is 0 Å². The summed E-state index contributed by atoms with van der Waals surface area (Å²) in [6.45, 7) is 8.11. The number of amides is 1. The predicted octanol–water partition coefficient (Wildman–Crippen LogP) is 1.81. The summed E-state index contributed by atoms with van der Waals surface area (Å²) in [5.74, 6) is 0.332. The molecule has 2 fully saturated rings. The standard InChI is InChI=1S/C12H22N2O.ClH/c1-12(2,3)11(15)14-9-4-5-10(14)8-13-7-6-9;/h9-10,13H,4-8H2,1-3H3;1H. The van der Waals surface area contributed by atoms with Gasteiger partial charge in [-0.3, -0.25) is 4.79 Å². The summed E-state index contributed by atoms with van der Waals surface area (Å²) in [7, 11) is 0. The normalized spacial score (nSPS) is 29.6. The third-order valence-electron chi connectivity index (χ3n) is 3.53. The van der Waals surface area contributed by atoms with E-state index in [1.165, 1.54) is 12.8 Å². The van der Waals surface area contributed by atoms with Crippen molar-refractivity contribution >= 4 is 18.3 Å². The molecule has 4 heteroatoms. The van der Waals surface area contributed by atoms with Crippen molar-refractivity contribution in [2.24, 2.45) is 5.41 Å². The van der Waals surface area contributed by atoms with Crippen LogP contribution in [0.3, 0.4) is 0 Å². The number of fused-ring (bicyclic) bond motifs is 2. The SMILES string of the molecule is CC(C)(C)C(=O)N1C2CCNCC1CC2.Cl. The first-order valence-electron chi connectivity index (χ1n) is 6.03. The lowest BCUT2D eigenvalue weighted by Crippen LogP contribution is -2.47. The minimum atomic E-state index is -0.231. The summed E-state index contributed by atoms with van der Waals surface area (Å²) in [6.07, 6.45) is 3.51. The number of halogens is 1. The lowest BCUT2D eigenvalue weighted by atomic mass is 9.93. The molecule has 0 radical (unpaired) electrons. The first kappa shape index (κ1) is 13.8. The van der Waals surface area contributed by atoms with Crippen molar-refractivity contribution in [3.63, 3.8) is 0 Å². The number of carbonyl (C=O) groups is 1.